The molecule has 1 heterocycles. The van der Waals surface area contributed by atoms with Crippen LogP contribution in [-0.2, 0) is 22.5 Å². The second kappa shape index (κ2) is 7.09. The van der Waals surface area contributed by atoms with Gasteiger partial charge in [-0.15, -0.1) is 11.6 Å². The van der Waals surface area contributed by atoms with Crippen LogP contribution in [0.4, 0.5) is 0 Å². The van der Waals surface area contributed by atoms with E-state index in [9.17, 15) is 4.79 Å². The summed E-state index contributed by atoms with van der Waals surface area (Å²) in [6.07, 6.45) is 0.881. The molecule has 0 amide bonds. The van der Waals surface area contributed by atoms with Crippen LogP contribution >= 0.6 is 11.6 Å². The zero-order valence-corrected chi connectivity index (χ0v) is 12.6. The number of aryl methyl sites for hydroxylation is 2. The number of carbonyl (C=O) groups excluding carboxylic acids is 1. The quantitative estimate of drug-likeness (QED) is 0.608. The highest BCUT2D eigenvalue weighted by atomic mass is 35.5. The van der Waals surface area contributed by atoms with Crippen LogP contribution in [0.25, 0.3) is 11.0 Å². The van der Waals surface area contributed by atoms with Gasteiger partial charge in [-0.25, -0.2) is 4.98 Å². The minimum Gasteiger partial charge on any atom is -0.466 e. The Labute approximate surface area is 128 Å². The highest BCUT2D eigenvalue weighted by Gasteiger charge is 2.12. The monoisotopic (exact) mass is 305 g/mol. The van der Waals surface area contributed by atoms with Crippen molar-refractivity contribution in [1.82, 2.24) is 9.55 Å². The summed E-state index contributed by atoms with van der Waals surface area (Å²) in [6, 6.07) is 7.44. The summed E-state index contributed by atoms with van der Waals surface area (Å²) >= 11 is 5.81. The fourth-order valence-electron chi connectivity index (χ4n) is 2.20. The molecule has 5 nitrogen and oxygen atoms in total. The number of benzene rings is 1. The molecule has 2 rings (SSSR count). The van der Waals surface area contributed by atoms with E-state index >= 15 is 0 Å². The molecule has 2 aromatic rings. The number of halogens is 1. The fraction of sp³-hybridized carbons (Fsp3) is 0.400. The summed E-state index contributed by atoms with van der Waals surface area (Å²) in [5.74, 6) is 1.03. The molecule has 0 aliphatic heterocycles. The molecule has 0 radical (unpaired) electrons. The number of hydrogen-bond acceptors (Lipinski definition) is 4. The largest absolute Gasteiger partial charge is 0.466 e. The van der Waals surface area contributed by atoms with Crippen molar-refractivity contribution in [2.75, 3.05) is 12.5 Å². The van der Waals surface area contributed by atoms with Crippen LogP contribution in [0.2, 0.25) is 0 Å². The van der Waals surface area contributed by atoms with Gasteiger partial charge in [0.1, 0.15) is 5.82 Å². The lowest BCUT2D eigenvalue weighted by Gasteiger charge is -2.08. The number of imidazole rings is 1. The molecule has 1 aromatic carbocycles. The topological polar surface area (TPSA) is 67.9 Å². The summed E-state index contributed by atoms with van der Waals surface area (Å²) in [6.45, 7) is 2.62. The number of nitriles is 1. The van der Waals surface area contributed by atoms with Gasteiger partial charge < -0.3 is 9.30 Å². The van der Waals surface area contributed by atoms with Gasteiger partial charge in [-0.1, -0.05) is 0 Å². The Kier molecular flexibility index (Phi) is 5.18. The minimum atomic E-state index is -0.243. The van der Waals surface area contributed by atoms with Crippen LogP contribution in [0.3, 0.4) is 0 Å². The first-order valence-electron chi connectivity index (χ1n) is 6.80. The normalized spacial score (nSPS) is 10.5. The summed E-state index contributed by atoms with van der Waals surface area (Å²) in [5, 5.41) is 9.01. The third kappa shape index (κ3) is 3.53. The maximum Gasteiger partial charge on any atom is 0.307 e. The summed E-state index contributed by atoms with van der Waals surface area (Å²) < 4.78 is 6.89. The van der Waals surface area contributed by atoms with Crippen LogP contribution in [0, 0.1) is 11.3 Å². The molecule has 0 aliphatic rings. The van der Waals surface area contributed by atoms with Crippen molar-refractivity contribution in [1.29, 1.82) is 5.26 Å². The lowest BCUT2D eigenvalue weighted by Crippen LogP contribution is -2.11. The molecule has 110 valence electrons. The Hall–Kier alpha value is -2.06. The van der Waals surface area contributed by atoms with E-state index in [2.05, 4.69) is 11.1 Å². The Morgan fingerprint density at radius 2 is 2.33 bits per heavy atom. The third-order valence-corrected chi connectivity index (χ3v) is 3.31. The van der Waals surface area contributed by atoms with Gasteiger partial charge in [-0.2, -0.15) is 5.26 Å². The summed E-state index contributed by atoms with van der Waals surface area (Å²) in [5.41, 5.74) is 2.22. The number of carbonyl (C=O) groups is 1. The molecule has 0 spiro atoms. The van der Waals surface area contributed by atoms with Crippen molar-refractivity contribution < 1.29 is 9.53 Å². The van der Waals surface area contributed by atoms with Gasteiger partial charge in [0.25, 0.3) is 0 Å². The molecule has 0 saturated heterocycles. The predicted molar refractivity (Wildman–Crippen MR) is 80.1 cm³/mol. The number of fused-ring (bicyclic) bond motifs is 1. The van der Waals surface area contributed by atoms with Gasteiger partial charge in [-0.05, 0) is 25.1 Å². The van der Waals surface area contributed by atoms with Gasteiger partial charge in [-0.3, -0.25) is 4.79 Å². The molecular weight excluding hydrogens is 290 g/mol. The van der Waals surface area contributed by atoms with Crippen molar-refractivity contribution >= 4 is 28.6 Å². The first-order valence-corrected chi connectivity index (χ1v) is 7.34. The molecule has 0 aliphatic carbocycles. The first-order chi connectivity index (χ1) is 10.2. The number of rotatable bonds is 6. The number of ether oxygens (including phenoxy) is 1. The lowest BCUT2D eigenvalue weighted by molar-refractivity contribution is -0.143. The highest BCUT2D eigenvalue weighted by molar-refractivity contribution is 6.17. The van der Waals surface area contributed by atoms with Gasteiger partial charge in [0, 0.05) is 18.8 Å². The fourth-order valence-corrected chi connectivity index (χ4v) is 2.37. The zero-order chi connectivity index (χ0) is 15.2. The van der Waals surface area contributed by atoms with Crippen molar-refractivity contribution in [3.63, 3.8) is 0 Å². The van der Waals surface area contributed by atoms with Gasteiger partial charge in [0.05, 0.1) is 35.7 Å². The second-order valence-corrected chi connectivity index (χ2v) is 4.87. The molecule has 1 aromatic heterocycles. The Bertz CT molecular complexity index is 688. The number of aromatic nitrogens is 2. The summed E-state index contributed by atoms with van der Waals surface area (Å²) in [7, 11) is 0. The van der Waals surface area contributed by atoms with Crippen molar-refractivity contribution in [3.8, 4) is 6.07 Å². The molecule has 0 saturated carbocycles. The maximum absolute atomic E-state index is 11.5. The van der Waals surface area contributed by atoms with Crippen LogP contribution in [-0.4, -0.2) is 28.0 Å². The molecule has 0 N–H and O–H groups in total. The first kappa shape index (κ1) is 15.3. The second-order valence-electron chi connectivity index (χ2n) is 4.49. The Morgan fingerprint density at radius 3 is 3.00 bits per heavy atom. The van der Waals surface area contributed by atoms with E-state index in [1.807, 2.05) is 10.6 Å². The molecule has 0 atom stereocenters. The molecule has 21 heavy (non-hydrogen) atoms. The van der Waals surface area contributed by atoms with Gasteiger partial charge in [0.15, 0.2) is 0 Å². The molecule has 6 heteroatoms. The van der Waals surface area contributed by atoms with E-state index in [-0.39, 0.29) is 12.4 Å². The van der Waals surface area contributed by atoms with Crippen molar-refractivity contribution in [3.05, 3.63) is 29.6 Å². The van der Waals surface area contributed by atoms with E-state index < -0.39 is 0 Å². The molecule has 0 fully saturated rings. The van der Waals surface area contributed by atoms with E-state index in [1.54, 1.807) is 19.1 Å². The van der Waals surface area contributed by atoms with Gasteiger partial charge >= 0.3 is 5.97 Å². The number of hydrogen-bond donors (Lipinski definition) is 0. The van der Waals surface area contributed by atoms with Crippen LogP contribution in [0.5, 0.6) is 0 Å². The van der Waals surface area contributed by atoms with E-state index in [0.29, 0.717) is 31.0 Å². The number of nitrogens with zero attached hydrogens (tertiary/aromatic N) is 3. The van der Waals surface area contributed by atoms with Crippen molar-refractivity contribution in [2.24, 2.45) is 0 Å². The van der Waals surface area contributed by atoms with Crippen molar-refractivity contribution in [2.45, 2.75) is 26.3 Å². The Morgan fingerprint density at radius 1 is 1.52 bits per heavy atom. The standard InChI is InChI=1S/C15H16ClN3O2/c1-2-21-15(20)6-8-19-13-9-11(10-17)3-4-12(13)18-14(19)5-7-16/h3-4,9H,2,5-8H2,1H3. The minimum absolute atomic E-state index is 0.243. The highest BCUT2D eigenvalue weighted by Crippen LogP contribution is 2.19. The molecule has 0 bridgehead atoms. The number of alkyl halides is 1. The Balaban J connectivity index is 2.35. The maximum atomic E-state index is 11.5. The van der Waals surface area contributed by atoms with Crippen LogP contribution in [0.1, 0.15) is 24.7 Å². The van der Waals surface area contributed by atoms with Crippen LogP contribution in [0.15, 0.2) is 18.2 Å². The lowest BCUT2D eigenvalue weighted by atomic mass is 10.2. The predicted octanol–water partition coefficient (Wildman–Crippen LogP) is 2.64. The smallest absolute Gasteiger partial charge is 0.307 e. The zero-order valence-electron chi connectivity index (χ0n) is 11.8. The average molecular weight is 306 g/mol. The SMILES string of the molecule is CCOC(=O)CCn1c(CCCl)nc2ccc(C#N)cc21. The third-order valence-electron chi connectivity index (χ3n) is 3.12. The number of esters is 1. The average Bonchev–Trinajstić information content (AvgIpc) is 2.82. The van der Waals surface area contributed by atoms with E-state index in [4.69, 9.17) is 21.6 Å². The van der Waals surface area contributed by atoms with Crippen LogP contribution < -0.4 is 0 Å². The van der Waals surface area contributed by atoms with E-state index in [0.717, 1.165) is 16.9 Å². The molecular formula is C15H16ClN3O2. The van der Waals surface area contributed by atoms with Gasteiger partial charge in [0.2, 0.25) is 0 Å². The molecule has 0 unspecified atom stereocenters. The van der Waals surface area contributed by atoms with E-state index in [1.165, 1.54) is 0 Å². The summed E-state index contributed by atoms with van der Waals surface area (Å²) in [4.78, 5) is 16.1.